The number of unbranched alkanes of at least 4 members (excludes halogenated alkanes) is 1. The Morgan fingerprint density at radius 2 is 1.41 bits per heavy atom. The van der Waals surface area contributed by atoms with E-state index in [0.717, 1.165) is 12.8 Å². The molecule has 0 atom stereocenters. The highest BCUT2D eigenvalue weighted by Gasteiger charge is 2.28. The van der Waals surface area contributed by atoms with Crippen LogP contribution in [0.4, 0.5) is 22.0 Å². The second-order valence-electron chi connectivity index (χ2n) is 10.1. The van der Waals surface area contributed by atoms with E-state index >= 15 is 4.39 Å². The van der Waals surface area contributed by atoms with Gasteiger partial charge in [0, 0.05) is 0 Å². The summed E-state index contributed by atoms with van der Waals surface area (Å²) in [6.07, 6.45) is 4.96. The molecule has 0 unspecified atom stereocenters. The minimum absolute atomic E-state index is 0.00968. The molecule has 0 aromatic heterocycles. The van der Waals surface area contributed by atoms with Crippen LogP contribution in [0.5, 0.6) is 5.75 Å². The summed E-state index contributed by atoms with van der Waals surface area (Å²) in [6, 6.07) is 11.3. The molecular formula is C31H33F5O. The van der Waals surface area contributed by atoms with Crippen LogP contribution in [0.15, 0.2) is 42.5 Å². The normalized spacial score (nSPS) is 17.7. The van der Waals surface area contributed by atoms with Gasteiger partial charge in [-0.15, -0.1) is 0 Å². The molecule has 1 nitrogen and oxygen atoms in total. The molecular weight excluding hydrogens is 483 g/mol. The van der Waals surface area contributed by atoms with E-state index in [2.05, 4.69) is 0 Å². The predicted molar refractivity (Wildman–Crippen MR) is 136 cm³/mol. The van der Waals surface area contributed by atoms with Crippen LogP contribution < -0.4 is 4.74 Å². The number of hydrogen-bond acceptors (Lipinski definition) is 1. The summed E-state index contributed by atoms with van der Waals surface area (Å²) in [6.45, 7) is 3.86. The lowest BCUT2D eigenvalue weighted by Gasteiger charge is -2.29. The number of halogens is 5. The number of ether oxygens (including phenoxy) is 1. The standard InChI is InChI=1S/C31H33F5O/c1-3-4-17-37-27-16-13-23(29(34)31(27)36)8-6-20-7-15-24(26(32)18-20)21-9-11-22(12-10-21)25-14-5-19(2)28(33)30(25)35/h5,7,13-16,18,21-22H,3-4,6,8-12,17H2,1-2H3. The second kappa shape index (κ2) is 12.1. The molecule has 4 rings (SSSR count). The molecule has 37 heavy (non-hydrogen) atoms. The van der Waals surface area contributed by atoms with Gasteiger partial charge in [0.25, 0.3) is 0 Å². The molecule has 0 aliphatic heterocycles. The Balaban J connectivity index is 1.36. The minimum atomic E-state index is -0.987. The average Bonchev–Trinajstić information content (AvgIpc) is 2.90. The Kier molecular flexibility index (Phi) is 8.88. The quantitative estimate of drug-likeness (QED) is 0.204. The topological polar surface area (TPSA) is 9.23 Å². The third-order valence-electron chi connectivity index (χ3n) is 7.54. The molecule has 0 spiro atoms. The summed E-state index contributed by atoms with van der Waals surface area (Å²) in [5, 5.41) is 0. The zero-order valence-electron chi connectivity index (χ0n) is 21.4. The molecule has 3 aromatic carbocycles. The number of benzene rings is 3. The Morgan fingerprint density at radius 3 is 2.08 bits per heavy atom. The molecule has 0 heterocycles. The number of rotatable bonds is 9. The van der Waals surface area contributed by atoms with Crippen molar-refractivity contribution < 1.29 is 26.7 Å². The summed E-state index contributed by atoms with van der Waals surface area (Å²) in [5.74, 6) is -3.95. The van der Waals surface area contributed by atoms with Crippen molar-refractivity contribution in [2.45, 2.75) is 77.0 Å². The fraction of sp³-hybridized carbons (Fsp3) is 0.419. The summed E-state index contributed by atoms with van der Waals surface area (Å²) < 4.78 is 77.6. The third-order valence-corrected chi connectivity index (χ3v) is 7.54. The Hall–Kier alpha value is -2.89. The van der Waals surface area contributed by atoms with Crippen molar-refractivity contribution in [2.75, 3.05) is 6.61 Å². The van der Waals surface area contributed by atoms with Gasteiger partial charge in [0.05, 0.1) is 6.61 Å². The molecule has 1 saturated carbocycles. The molecule has 6 heteroatoms. The lowest BCUT2D eigenvalue weighted by Crippen LogP contribution is -2.15. The largest absolute Gasteiger partial charge is 0.490 e. The van der Waals surface area contributed by atoms with Crippen molar-refractivity contribution in [3.63, 3.8) is 0 Å². The molecule has 0 saturated heterocycles. The van der Waals surface area contributed by atoms with Crippen LogP contribution in [0.3, 0.4) is 0 Å². The first kappa shape index (κ1) is 27.2. The van der Waals surface area contributed by atoms with Crippen molar-refractivity contribution in [2.24, 2.45) is 0 Å². The summed E-state index contributed by atoms with van der Waals surface area (Å²) in [5.41, 5.74) is 2.24. The molecule has 198 valence electrons. The van der Waals surface area contributed by atoms with Crippen molar-refractivity contribution >= 4 is 0 Å². The van der Waals surface area contributed by atoms with Crippen molar-refractivity contribution in [1.29, 1.82) is 0 Å². The molecule has 1 aliphatic rings. The lowest BCUT2D eigenvalue weighted by molar-refractivity contribution is 0.288. The first-order valence-electron chi connectivity index (χ1n) is 13.1. The average molecular weight is 517 g/mol. The van der Waals surface area contributed by atoms with Gasteiger partial charge in [0.1, 0.15) is 5.82 Å². The number of hydrogen-bond donors (Lipinski definition) is 0. The van der Waals surface area contributed by atoms with Gasteiger partial charge in [-0.25, -0.2) is 17.6 Å². The SMILES string of the molecule is CCCCOc1ccc(CCc2ccc(C3CCC(c4ccc(C)c(F)c4F)CC3)c(F)c2)c(F)c1F. The highest BCUT2D eigenvalue weighted by Crippen LogP contribution is 2.42. The molecule has 3 aromatic rings. The van der Waals surface area contributed by atoms with E-state index in [0.29, 0.717) is 61.0 Å². The zero-order valence-corrected chi connectivity index (χ0v) is 21.4. The van der Waals surface area contributed by atoms with Crippen LogP contribution in [0.25, 0.3) is 0 Å². The highest BCUT2D eigenvalue weighted by atomic mass is 19.2. The molecule has 0 N–H and O–H groups in total. The first-order valence-corrected chi connectivity index (χ1v) is 13.1. The van der Waals surface area contributed by atoms with E-state index in [1.807, 2.05) is 13.0 Å². The molecule has 1 fully saturated rings. The smallest absolute Gasteiger partial charge is 0.200 e. The van der Waals surface area contributed by atoms with E-state index in [9.17, 15) is 17.6 Å². The van der Waals surface area contributed by atoms with Crippen molar-refractivity contribution in [3.8, 4) is 5.75 Å². The predicted octanol–water partition coefficient (Wildman–Crippen LogP) is 9.10. The molecule has 0 bridgehead atoms. The zero-order chi connectivity index (χ0) is 26.5. The van der Waals surface area contributed by atoms with Crippen LogP contribution in [-0.4, -0.2) is 6.61 Å². The van der Waals surface area contributed by atoms with Crippen LogP contribution >= 0.6 is 0 Å². The van der Waals surface area contributed by atoms with Crippen molar-refractivity contribution in [1.82, 2.24) is 0 Å². The molecule has 0 radical (unpaired) electrons. The van der Waals surface area contributed by atoms with Gasteiger partial charge in [0.15, 0.2) is 23.2 Å². The maximum absolute atomic E-state index is 15.0. The fourth-order valence-corrected chi connectivity index (χ4v) is 5.23. The van der Waals surface area contributed by atoms with E-state index in [1.54, 1.807) is 25.1 Å². The van der Waals surface area contributed by atoms with Gasteiger partial charge in [-0.2, -0.15) is 4.39 Å². The summed E-state index contributed by atoms with van der Waals surface area (Å²) in [7, 11) is 0. The Morgan fingerprint density at radius 1 is 0.730 bits per heavy atom. The van der Waals surface area contributed by atoms with Crippen LogP contribution in [0.2, 0.25) is 0 Å². The van der Waals surface area contributed by atoms with Gasteiger partial charge in [0.2, 0.25) is 5.82 Å². The van der Waals surface area contributed by atoms with Gasteiger partial charge < -0.3 is 4.74 Å². The maximum atomic E-state index is 15.0. The summed E-state index contributed by atoms with van der Waals surface area (Å²) >= 11 is 0. The maximum Gasteiger partial charge on any atom is 0.200 e. The second-order valence-corrected chi connectivity index (χ2v) is 10.1. The van der Waals surface area contributed by atoms with E-state index in [1.165, 1.54) is 18.2 Å². The monoisotopic (exact) mass is 516 g/mol. The highest BCUT2D eigenvalue weighted by molar-refractivity contribution is 5.34. The number of aryl methyl sites for hydroxylation is 3. The molecule has 0 amide bonds. The first-order chi connectivity index (χ1) is 17.8. The Labute approximate surface area is 215 Å². The minimum Gasteiger partial charge on any atom is -0.490 e. The Bertz CT molecular complexity index is 1230. The molecule has 1 aliphatic carbocycles. The fourth-order valence-electron chi connectivity index (χ4n) is 5.23. The van der Waals surface area contributed by atoms with Gasteiger partial charge in [-0.05, 0) is 104 Å². The van der Waals surface area contributed by atoms with Gasteiger partial charge in [-0.1, -0.05) is 43.7 Å². The third kappa shape index (κ3) is 6.16. The van der Waals surface area contributed by atoms with Crippen molar-refractivity contribution in [3.05, 3.63) is 99.4 Å². The summed E-state index contributed by atoms with van der Waals surface area (Å²) in [4.78, 5) is 0. The van der Waals surface area contributed by atoms with Crippen LogP contribution in [0.1, 0.15) is 85.1 Å². The lowest BCUT2D eigenvalue weighted by atomic mass is 9.75. The van der Waals surface area contributed by atoms with E-state index < -0.39 is 23.3 Å². The van der Waals surface area contributed by atoms with Gasteiger partial charge >= 0.3 is 0 Å². The van der Waals surface area contributed by atoms with E-state index in [4.69, 9.17) is 4.74 Å². The van der Waals surface area contributed by atoms with Crippen LogP contribution in [-0.2, 0) is 12.8 Å². The van der Waals surface area contributed by atoms with E-state index in [-0.39, 0.29) is 35.4 Å². The van der Waals surface area contributed by atoms with Crippen LogP contribution in [0, 0.1) is 36.0 Å². The van der Waals surface area contributed by atoms with Gasteiger partial charge in [-0.3, -0.25) is 0 Å².